The molecular formula is C29H24FN3O3. The molecule has 180 valence electrons. The van der Waals surface area contributed by atoms with Gasteiger partial charge in [0, 0.05) is 19.7 Å². The zero-order valence-corrected chi connectivity index (χ0v) is 20.4. The zero-order valence-electron chi connectivity index (χ0n) is 20.4. The molecule has 7 heteroatoms. The predicted molar refractivity (Wildman–Crippen MR) is 138 cm³/mol. The Morgan fingerprint density at radius 1 is 0.861 bits per heavy atom. The third-order valence-electron chi connectivity index (χ3n) is 6.93. The predicted octanol–water partition coefficient (Wildman–Crippen LogP) is 4.93. The summed E-state index contributed by atoms with van der Waals surface area (Å²) in [6, 6.07) is 20.0. The van der Waals surface area contributed by atoms with Gasteiger partial charge in [0.2, 0.25) is 0 Å². The maximum Gasteiger partial charge on any atom is 0.331 e. The first-order chi connectivity index (χ1) is 17.3. The van der Waals surface area contributed by atoms with Gasteiger partial charge in [-0.05, 0) is 49.2 Å². The van der Waals surface area contributed by atoms with E-state index in [2.05, 4.69) is 0 Å². The number of aromatic nitrogens is 3. The Labute approximate surface area is 206 Å². The molecule has 6 nitrogen and oxygen atoms in total. The highest BCUT2D eigenvalue weighted by Crippen LogP contribution is 2.46. The molecule has 1 atom stereocenters. The third kappa shape index (κ3) is 3.09. The molecule has 5 aromatic rings. The van der Waals surface area contributed by atoms with E-state index in [4.69, 9.17) is 4.74 Å². The molecular weight excluding hydrogens is 457 g/mol. The maximum atomic E-state index is 14.4. The molecule has 3 aromatic carbocycles. The van der Waals surface area contributed by atoms with Crippen LogP contribution in [0.4, 0.5) is 4.39 Å². The smallest absolute Gasteiger partial charge is 0.331 e. The molecule has 0 fully saturated rings. The van der Waals surface area contributed by atoms with Crippen molar-refractivity contribution >= 4 is 10.9 Å². The number of fused-ring (bicyclic) bond motifs is 5. The Kier molecular flexibility index (Phi) is 4.80. The van der Waals surface area contributed by atoms with Gasteiger partial charge in [-0.25, -0.2) is 9.18 Å². The summed E-state index contributed by atoms with van der Waals surface area (Å²) >= 11 is 0. The normalized spacial score (nSPS) is 14.4. The molecule has 1 aliphatic rings. The fraction of sp³-hybridized carbons (Fsp3) is 0.172. The number of hydrogen-bond donors (Lipinski definition) is 0. The van der Waals surface area contributed by atoms with Crippen LogP contribution < -0.4 is 16.0 Å². The minimum Gasteiger partial charge on any atom is -0.477 e. The molecule has 1 aliphatic heterocycles. The van der Waals surface area contributed by atoms with Gasteiger partial charge in [0.25, 0.3) is 5.56 Å². The minimum absolute atomic E-state index is 0.391. The first-order valence-electron chi connectivity index (χ1n) is 11.7. The first kappa shape index (κ1) is 22.1. The Balaban J connectivity index is 1.87. The summed E-state index contributed by atoms with van der Waals surface area (Å²) in [5.74, 6) is 0.217. The van der Waals surface area contributed by atoms with Crippen molar-refractivity contribution in [3.05, 3.63) is 116 Å². The lowest BCUT2D eigenvalue weighted by atomic mass is 10.0. The van der Waals surface area contributed by atoms with Gasteiger partial charge in [0.05, 0.1) is 28.0 Å². The molecule has 0 spiro atoms. The molecule has 2 aromatic heterocycles. The fourth-order valence-electron chi connectivity index (χ4n) is 5.15. The summed E-state index contributed by atoms with van der Waals surface area (Å²) in [4.78, 5) is 26.8. The fourth-order valence-corrected chi connectivity index (χ4v) is 5.15. The van der Waals surface area contributed by atoms with Gasteiger partial charge < -0.3 is 9.30 Å². The molecule has 0 unspecified atom stereocenters. The second-order valence-corrected chi connectivity index (χ2v) is 9.39. The van der Waals surface area contributed by atoms with Gasteiger partial charge in [-0.1, -0.05) is 48.0 Å². The van der Waals surface area contributed by atoms with Crippen LogP contribution in [0.2, 0.25) is 0 Å². The van der Waals surface area contributed by atoms with Crippen molar-refractivity contribution in [2.75, 3.05) is 0 Å². The highest BCUT2D eigenvalue weighted by Gasteiger charge is 2.36. The lowest BCUT2D eigenvalue weighted by Gasteiger charge is -2.30. The highest BCUT2D eigenvalue weighted by atomic mass is 19.1. The summed E-state index contributed by atoms with van der Waals surface area (Å²) in [5, 5.41) is 0.415. The van der Waals surface area contributed by atoms with Crippen LogP contribution in [0, 0.1) is 19.7 Å². The van der Waals surface area contributed by atoms with Crippen molar-refractivity contribution < 1.29 is 9.13 Å². The minimum atomic E-state index is -0.740. The number of rotatable bonds is 2. The van der Waals surface area contributed by atoms with Gasteiger partial charge in [-0.15, -0.1) is 0 Å². The summed E-state index contributed by atoms with van der Waals surface area (Å²) in [7, 11) is 3.14. The van der Waals surface area contributed by atoms with E-state index >= 15 is 0 Å². The Morgan fingerprint density at radius 2 is 1.58 bits per heavy atom. The summed E-state index contributed by atoms with van der Waals surface area (Å²) < 4.78 is 25.5. The van der Waals surface area contributed by atoms with E-state index in [0.29, 0.717) is 33.6 Å². The van der Waals surface area contributed by atoms with Crippen molar-refractivity contribution in [3.63, 3.8) is 0 Å². The lowest BCUT2D eigenvalue weighted by molar-refractivity contribution is 0.228. The zero-order chi connectivity index (χ0) is 25.3. The van der Waals surface area contributed by atoms with Crippen LogP contribution in [-0.4, -0.2) is 13.7 Å². The SMILES string of the molecule is Cc1ccc(-c2c3c(=O)n(C)c(=O)n(C)c3c3n2-c2cc(C)ccc2O[C@H]3c2cccc(F)c2)cc1. The van der Waals surface area contributed by atoms with E-state index in [1.54, 1.807) is 19.2 Å². The number of ether oxygens (including phenoxy) is 1. The average molecular weight is 482 g/mol. The van der Waals surface area contributed by atoms with E-state index in [-0.39, 0.29) is 0 Å². The Morgan fingerprint density at radius 3 is 2.31 bits per heavy atom. The topological polar surface area (TPSA) is 58.2 Å². The lowest BCUT2D eigenvalue weighted by Crippen LogP contribution is -2.37. The molecule has 0 radical (unpaired) electrons. The molecule has 0 saturated carbocycles. The van der Waals surface area contributed by atoms with Crippen molar-refractivity contribution in [1.82, 2.24) is 13.7 Å². The number of nitrogens with zero attached hydrogens (tertiary/aromatic N) is 3. The second kappa shape index (κ2) is 7.81. The van der Waals surface area contributed by atoms with Crippen LogP contribution >= 0.6 is 0 Å². The van der Waals surface area contributed by atoms with Crippen molar-refractivity contribution in [1.29, 1.82) is 0 Å². The second-order valence-electron chi connectivity index (χ2n) is 9.39. The molecule has 6 rings (SSSR count). The quantitative estimate of drug-likeness (QED) is 0.359. The standard InChI is InChI=1S/C29H24FN3O3/c1-16-8-11-18(12-9-16)24-23-25(31(3)29(35)32(4)28(23)34)26-27(19-6-5-7-20(30)15-19)36-22-13-10-17(2)14-21(22)33(24)26/h5-15,27H,1-4H3/t27-/m0/s1. The van der Waals surface area contributed by atoms with Gasteiger partial charge >= 0.3 is 5.69 Å². The molecule has 0 bridgehead atoms. The van der Waals surface area contributed by atoms with Gasteiger partial charge in [-0.3, -0.25) is 13.9 Å². The van der Waals surface area contributed by atoms with Crippen LogP contribution in [0.15, 0.2) is 76.3 Å². The van der Waals surface area contributed by atoms with Crippen LogP contribution in [-0.2, 0) is 14.1 Å². The van der Waals surface area contributed by atoms with E-state index in [1.807, 2.05) is 60.9 Å². The largest absolute Gasteiger partial charge is 0.477 e. The third-order valence-corrected chi connectivity index (χ3v) is 6.93. The van der Waals surface area contributed by atoms with Crippen LogP contribution in [0.5, 0.6) is 5.75 Å². The number of halogens is 1. The Hall–Kier alpha value is -4.39. The molecule has 0 saturated heterocycles. The summed E-state index contributed by atoms with van der Waals surface area (Å²) in [5.41, 5.74) is 5.22. The van der Waals surface area contributed by atoms with E-state index in [0.717, 1.165) is 26.9 Å². The van der Waals surface area contributed by atoms with E-state index < -0.39 is 23.2 Å². The van der Waals surface area contributed by atoms with Gasteiger partial charge in [0.1, 0.15) is 11.6 Å². The monoisotopic (exact) mass is 481 g/mol. The van der Waals surface area contributed by atoms with Gasteiger partial charge in [0.15, 0.2) is 6.10 Å². The van der Waals surface area contributed by atoms with E-state index in [1.165, 1.54) is 23.7 Å². The number of aryl methyl sites for hydroxylation is 3. The molecule has 0 amide bonds. The number of benzene rings is 3. The number of hydrogen-bond acceptors (Lipinski definition) is 3. The van der Waals surface area contributed by atoms with Crippen molar-refractivity contribution in [2.24, 2.45) is 14.1 Å². The maximum absolute atomic E-state index is 14.4. The van der Waals surface area contributed by atoms with Crippen molar-refractivity contribution in [3.8, 4) is 22.7 Å². The first-order valence-corrected chi connectivity index (χ1v) is 11.7. The van der Waals surface area contributed by atoms with Crippen LogP contribution in [0.1, 0.15) is 28.5 Å². The summed E-state index contributed by atoms with van der Waals surface area (Å²) in [6.07, 6.45) is -0.740. The van der Waals surface area contributed by atoms with E-state index in [9.17, 15) is 14.0 Å². The molecule has 36 heavy (non-hydrogen) atoms. The summed E-state index contributed by atoms with van der Waals surface area (Å²) in [6.45, 7) is 3.99. The molecule has 3 heterocycles. The Bertz CT molecular complexity index is 1810. The molecule has 0 aliphatic carbocycles. The van der Waals surface area contributed by atoms with Crippen molar-refractivity contribution in [2.45, 2.75) is 20.0 Å². The van der Waals surface area contributed by atoms with Crippen LogP contribution in [0.3, 0.4) is 0 Å². The highest BCUT2D eigenvalue weighted by molar-refractivity contribution is 5.98. The average Bonchev–Trinajstić information content (AvgIpc) is 3.23. The van der Waals surface area contributed by atoms with Crippen LogP contribution in [0.25, 0.3) is 27.8 Å². The molecule has 0 N–H and O–H groups in total. The van der Waals surface area contributed by atoms with Gasteiger partial charge in [-0.2, -0.15) is 0 Å².